The van der Waals surface area contributed by atoms with Crippen LogP contribution in [0.15, 0.2) is 115 Å². The van der Waals surface area contributed by atoms with Gasteiger partial charge in [-0.1, -0.05) is 103 Å². The first-order chi connectivity index (χ1) is 16.3. The molecule has 0 heterocycles. The topological polar surface area (TPSA) is 23.8 Å². The molecule has 0 atom stereocenters. The number of hydrogen-bond donors (Lipinski definition) is 0. The molecule has 2 aliphatic rings. The molecule has 0 bridgehead atoms. The van der Waals surface area contributed by atoms with Crippen molar-refractivity contribution in [1.29, 1.82) is 5.26 Å². The van der Waals surface area contributed by atoms with Gasteiger partial charge in [-0.3, -0.25) is 0 Å². The summed E-state index contributed by atoms with van der Waals surface area (Å²) in [4.78, 5) is 0. The molecule has 0 aliphatic heterocycles. The van der Waals surface area contributed by atoms with E-state index < -0.39 is 0 Å². The largest absolute Gasteiger partial charge is 0.192 e. The van der Waals surface area contributed by atoms with Crippen molar-refractivity contribution in [3.8, 4) is 39.4 Å². The van der Waals surface area contributed by atoms with Crippen molar-refractivity contribution in [2.24, 2.45) is 0 Å². The summed E-state index contributed by atoms with van der Waals surface area (Å²) in [5.74, 6) is 0. The molecule has 0 unspecified atom stereocenters. The lowest BCUT2D eigenvalue weighted by molar-refractivity contribution is 0.794. The summed E-state index contributed by atoms with van der Waals surface area (Å²) in [5.41, 5.74) is 13.0. The summed E-state index contributed by atoms with van der Waals surface area (Å²) in [5, 5.41) is 9.67. The molecule has 152 valence electrons. The fourth-order valence-corrected chi connectivity index (χ4v) is 6.10. The summed E-state index contributed by atoms with van der Waals surface area (Å²) in [6.45, 7) is 0. The second-order valence-electron chi connectivity index (χ2n) is 8.80. The van der Waals surface area contributed by atoms with Crippen molar-refractivity contribution in [3.05, 3.63) is 143 Å². The smallest absolute Gasteiger partial charge is 0.0998 e. The molecule has 0 amide bonds. The molecular weight excluding hydrogens is 398 g/mol. The Labute approximate surface area is 193 Å². The van der Waals surface area contributed by atoms with Gasteiger partial charge in [-0.2, -0.15) is 5.26 Å². The third kappa shape index (κ3) is 2.20. The van der Waals surface area contributed by atoms with Crippen molar-refractivity contribution >= 4 is 0 Å². The molecule has 1 nitrogen and oxygen atoms in total. The Hall–Kier alpha value is -4.41. The van der Waals surface area contributed by atoms with E-state index in [-0.39, 0.29) is 5.41 Å². The Kier molecular flexibility index (Phi) is 3.61. The van der Waals surface area contributed by atoms with Crippen molar-refractivity contribution in [1.82, 2.24) is 0 Å². The van der Waals surface area contributed by atoms with Gasteiger partial charge >= 0.3 is 0 Å². The van der Waals surface area contributed by atoms with Crippen LogP contribution in [0, 0.1) is 11.3 Å². The van der Waals surface area contributed by atoms with Crippen molar-refractivity contribution in [3.63, 3.8) is 0 Å². The Morgan fingerprint density at radius 2 is 0.909 bits per heavy atom. The van der Waals surface area contributed by atoms with Crippen molar-refractivity contribution in [2.75, 3.05) is 0 Å². The van der Waals surface area contributed by atoms with Gasteiger partial charge in [0.25, 0.3) is 0 Å². The van der Waals surface area contributed by atoms with E-state index in [4.69, 9.17) is 0 Å². The van der Waals surface area contributed by atoms with E-state index in [1.807, 2.05) is 24.3 Å². The molecule has 7 rings (SSSR count). The average molecular weight is 418 g/mol. The van der Waals surface area contributed by atoms with Gasteiger partial charge in [-0.25, -0.2) is 0 Å². The first kappa shape index (κ1) is 18.2. The molecule has 1 heteroatoms. The Balaban J connectivity index is 1.60. The maximum atomic E-state index is 9.67. The molecule has 5 aromatic carbocycles. The predicted molar refractivity (Wildman–Crippen MR) is 133 cm³/mol. The van der Waals surface area contributed by atoms with E-state index in [0.717, 1.165) is 11.1 Å². The summed E-state index contributed by atoms with van der Waals surface area (Å²) < 4.78 is 0. The molecule has 0 aromatic heterocycles. The lowest BCUT2D eigenvalue weighted by Gasteiger charge is -2.30. The number of rotatable bonds is 1. The minimum atomic E-state index is -0.313. The van der Waals surface area contributed by atoms with Gasteiger partial charge in [0.1, 0.15) is 0 Å². The highest BCUT2D eigenvalue weighted by atomic mass is 14.5. The van der Waals surface area contributed by atoms with Crippen LogP contribution in [0.4, 0.5) is 0 Å². The normalized spacial score (nSPS) is 13.7. The van der Waals surface area contributed by atoms with Crippen LogP contribution in [-0.2, 0) is 5.41 Å². The minimum absolute atomic E-state index is 0.313. The van der Waals surface area contributed by atoms with E-state index >= 15 is 0 Å². The molecule has 0 saturated heterocycles. The lowest BCUT2D eigenvalue weighted by atomic mass is 9.70. The molecule has 0 N–H and O–H groups in total. The fraction of sp³-hybridized carbons (Fsp3) is 0.0312. The van der Waals surface area contributed by atoms with Gasteiger partial charge in [0, 0.05) is 0 Å². The second kappa shape index (κ2) is 6.55. The zero-order chi connectivity index (χ0) is 22.0. The lowest BCUT2D eigenvalue weighted by Crippen LogP contribution is -2.25. The fourth-order valence-electron chi connectivity index (χ4n) is 6.10. The summed E-state index contributed by atoms with van der Waals surface area (Å²) in [6, 6.07) is 43.5. The highest BCUT2D eigenvalue weighted by Gasteiger charge is 2.51. The first-order valence-electron chi connectivity index (χ1n) is 11.3. The maximum Gasteiger partial charge on any atom is 0.0998 e. The van der Waals surface area contributed by atoms with Gasteiger partial charge in [0.05, 0.1) is 17.0 Å². The Morgan fingerprint density at radius 1 is 0.455 bits per heavy atom. The molecule has 33 heavy (non-hydrogen) atoms. The Bertz CT molecular complexity index is 1590. The second-order valence-corrected chi connectivity index (χ2v) is 8.80. The van der Waals surface area contributed by atoms with E-state index in [9.17, 15) is 5.26 Å². The Morgan fingerprint density at radius 3 is 1.48 bits per heavy atom. The van der Waals surface area contributed by atoms with E-state index in [2.05, 4.69) is 97.1 Å². The van der Waals surface area contributed by atoms with Crippen LogP contribution in [0.3, 0.4) is 0 Å². The average Bonchev–Trinajstić information content (AvgIpc) is 3.36. The molecular formula is C32H19N. The van der Waals surface area contributed by atoms with Crippen LogP contribution < -0.4 is 0 Å². The standard InChI is InChI=1S/C32H19N/c33-20-22-9-1-2-10-23(22)21-17-18-31-27(19-21)26-13-5-8-16-30(26)32(31)28-14-6-3-11-24(28)25-12-4-7-15-29(25)32/h1-19H. The van der Waals surface area contributed by atoms with Crippen molar-refractivity contribution < 1.29 is 0 Å². The zero-order valence-electron chi connectivity index (χ0n) is 17.9. The number of nitrogens with zero attached hydrogens (tertiary/aromatic N) is 1. The molecule has 2 aliphatic carbocycles. The van der Waals surface area contributed by atoms with Crippen LogP contribution in [0.5, 0.6) is 0 Å². The molecule has 5 aromatic rings. The zero-order valence-corrected chi connectivity index (χ0v) is 17.9. The van der Waals surface area contributed by atoms with E-state index in [0.29, 0.717) is 5.56 Å². The molecule has 0 radical (unpaired) electrons. The molecule has 0 saturated carbocycles. The predicted octanol–water partition coefficient (Wildman–Crippen LogP) is 7.57. The summed E-state index contributed by atoms with van der Waals surface area (Å²) in [6.07, 6.45) is 0. The van der Waals surface area contributed by atoms with Gasteiger partial charge in [0.2, 0.25) is 0 Å². The maximum absolute atomic E-state index is 9.67. The van der Waals surface area contributed by atoms with Gasteiger partial charge in [0.15, 0.2) is 0 Å². The summed E-state index contributed by atoms with van der Waals surface area (Å²) >= 11 is 0. The van der Waals surface area contributed by atoms with Gasteiger partial charge < -0.3 is 0 Å². The summed E-state index contributed by atoms with van der Waals surface area (Å²) in [7, 11) is 0. The van der Waals surface area contributed by atoms with E-state index in [1.165, 1.54) is 44.5 Å². The quantitative estimate of drug-likeness (QED) is 0.270. The monoisotopic (exact) mass is 417 g/mol. The van der Waals surface area contributed by atoms with Gasteiger partial charge in [-0.15, -0.1) is 0 Å². The first-order valence-corrected chi connectivity index (χ1v) is 11.3. The highest BCUT2D eigenvalue weighted by Crippen LogP contribution is 2.62. The third-order valence-corrected chi connectivity index (χ3v) is 7.36. The van der Waals surface area contributed by atoms with Gasteiger partial charge in [-0.05, 0) is 67.8 Å². The van der Waals surface area contributed by atoms with Crippen LogP contribution in [0.25, 0.3) is 33.4 Å². The van der Waals surface area contributed by atoms with Crippen LogP contribution >= 0.6 is 0 Å². The number of benzene rings is 5. The van der Waals surface area contributed by atoms with Crippen molar-refractivity contribution in [2.45, 2.75) is 5.41 Å². The molecule has 1 spiro atoms. The van der Waals surface area contributed by atoms with E-state index in [1.54, 1.807) is 0 Å². The van der Waals surface area contributed by atoms with Crippen LogP contribution in [0.1, 0.15) is 27.8 Å². The highest BCUT2D eigenvalue weighted by molar-refractivity contribution is 5.96. The molecule has 0 fully saturated rings. The number of fused-ring (bicyclic) bond motifs is 10. The third-order valence-electron chi connectivity index (χ3n) is 7.36. The number of hydrogen-bond acceptors (Lipinski definition) is 1. The van der Waals surface area contributed by atoms with Crippen LogP contribution in [0.2, 0.25) is 0 Å². The number of nitriles is 1. The minimum Gasteiger partial charge on any atom is -0.192 e. The SMILES string of the molecule is N#Cc1ccccc1-c1ccc2c(c1)-c1ccccc1C21c2ccccc2-c2ccccc21. The van der Waals surface area contributed by atoms with Crippen LogP contribution in [-0.4, -0.2) is 0 Å².